The molecule has 0 radical (unpaired) electrons. The van der Waals surface area contributed by atoms with Crippen LogP contribution in [0.25, 0.3) is 11.4 Å². The van der Waals surface area contributed by atoms with Gasteiger partial charge in [0.15, 0.2) is 5.82 Å². The second-order valence-electron chi connectivity index (χ2n) is 3.16. The van der Waals surface area contributed by atoms with Gasteiger partial charge in [0.05, 0.1) is 4.92 Å². The molecule has 0 saturated heterocycles. The predicted molar refractivity (Wildman–Crippen MR) is 54.4 cm³/mol. The number of benzene rings is 1. The zero-order chi connectivity index (χ0) is 12.4. The summed E-state index contributed by atoms with van der Waals surface area (Å²) in [7, 11) is 0. The highest BCUT2D eigenvalue weighted by atomic mass is 19.1. The fraction of sp³-hybridized carbons (Fsp3) is 0.111. The molecule has 0 aliphatic rings. The molecule has 0 spiro atoms. The number of rotatable bonds is 2. The Hall–Kier alpha value is -2.51. The van der Waals surface area contributed by atoms with Crippen molar-refractivity contribution in [1.29, 1.82) is 0 Å². The molecule has 1 heterocycles. The molecule has 8 heteroatoms. The summed E-state index contributed by atoms with van der Waals surface area (Å²) in [4.78, 5) is 10.1. The van der Waals surface area contributed by atoms with Crippen LogP contribution >= 0.6 is 0 Å². The minimum atomic E-state index is -0.786. The normalized spacial score (nSPS) is 10.2. The topological polar surface area (TPSA) is 94.7 Å². The van der Waals surface area contributed by atoms with Crippen molar-refractivity contribution in [2.24, 2.45) is 0 Å². The number of nitrogens with zero attached hydrogens (tertiary/aromatic N) is 5. The molecule has 1 aromatic heterocycles. The van der Waals surface area contributed by atoms with E-state index >= 15 is 0 Å². The molecule has 0 bridgehead atoms. The smallest absolute Gasteiger partial charge is 0.258 e. The van der Waals surface area contributed by atoms with E-state index in [9.17, 15) is 14.5 Å². The first-order valence-corrected chi connectivity index (χ1v) is 4.57. The second-order valence-corrected chi connectivity index (χ2v) is 3.16. The molecule has 2 aromatic rings. The van der Waals surface area contributed by atoms with Crippen molar-refractivity contribution in [3.63, 3.8) is 0 Å². The van der Waals surface area contributed by atoms with Gasteiger partial charge in [0.25, 0.3) is 5.69 Å². The van der Waals surface area contributed by atoms with Crippen molar-refractivity contribution in [2.45, 2.75) is 6.92 Å². The zero-order valence-electron chi connectivity index (χ0n) is 8.66. The summed E-state index contributed by atoms with van der Waals surface area (Å²) in [5.74, 6) is -0.695. The molecule has 86 valence electrons. The van der Waals surface area contributed by atoms with Gasteiger partial charge in [0.2, 0.25) is 5.82 Å². The van der Waals surface area contributed by atoms with Crippen LogP contribution in [0.4, 0.5) is 10.1 Å². The van der Waals surface area contributed by atoms with Crippen molar-refractivity contribution in [3.8, 4) is 11.4 Å². The van der Waals surface area contributed by atoms with Crippen LogP contribution in [0.15, 0.2) is 18.2 Å². The lowest BCUT2D eigenvalue weighted by Crippen LogP contribution is -2.02. The van der Waals surface area contributed by atoms with E-state index < -0.39 is 16.4 Å². The molecular weight excluding hydrogens is 229 g/mol. The van der Waals surface area contributed by atoms with E-state index in [1.165, 1.54) is 12.1 Å². The minimum Gasteiger partial charge on any atom is -0.258 e. The summed E-state index contributed by atoms with van der Waals surface area (Å²) in [5, 5.41) is 25.1. The van der Waals surface area contributed by atoms with E-state index in [2.05, 4.69) is 20.4 Å². The van der Waals surface area contributed by atoms with Crippen LogP contribution in [0.5, 0.6) is 0 Å². The van der Waals surface area contributed by atoms with Crippen LogP contribution in [0.1, 0.15) is 5.82 Å². The molecule has 1 aromatic carbocycles. The number of nitro groups is 1. The average molecular weight is 235 g/mol. The molecule has 0 amide bonds. The molecule has 0 unspecified atom stereocenters. The van der Waals surface area contributed by atoms with Gasteiger partial charge in [-0.1, -0.05) is 6.07 Å². The lowest BCUT2D eigenvalue weighted by molar-refractivity contribution is -0.384. The summed E-state index contributed by atoms with van der Waals surface area (Å²) < 4.78 is 13.6. The first-order chi connectivity index (χ1) is 8.09. The van der Waals surface area contributed by atoms with Gasteiger partial charge >= 0.3 is 0 Å². The molecule has 0 atom stereocenters. The summed E-state index contributed by atoms with van der Waals surface area (Å²) in [6.07, 6.45) is 0. The third kappa shape index (κ3) is 2.05. The zero-order valence-corrected chi connectivity index (χ0v) is 8.66. The number of aromatic nitrogens is 4. The second kappa shape index (κ2) is 4.16. The minimum absolute atomic E-state index is 0.208. The maximum atomic E-state index is 13.6. The molecular formula is C9H6FN5O2. The van der Waals surface area contributed by atoms with Gasteiger partial charge in [-0.2, -0.15) is 0 Å². The van der Waals surface area contributed by atoms with E-state index in [0.29, 0.717) is 5.82 Å². The van der Waals surface area contributed by atoms with E-state index in [-0.39, 0.29) is 11.4 Å². The number of hydrogen-bond donors (Lipinski definition) is 0. The molecule has 0 aliphatic carbocycles. The quantitative estimate of drug-likeness (QED) is 0.574. The number of halogens is 1. The van der Waals surface area contributed by atoms with Gasteiger partial charge in [0, 0.05) is 6.07 Å². The molecule has 17 heavy (non-hydrogen) atoms. The number of nitro benzene ring substituents is 1. The molecule has 0 N–H and O–H groups in total. The predicted octanol–water partition coefficient (Wildman–Crippen LogP) is 1.29. The summed E-state index contributed by atoms with van der Waals surface area (Å²) in [6, 6.07) is 3.50. The summed E-state index contributed by atoms with van der Waals surface area (Å²) in [6.45, 7) is 1.56. The molecule has 0 saturated carbocycles. The Balaban J connectivity index is 2.65. The maximum Gasteiger partial charge on any atom is 0.283 e. The van der Waals surface area contributed by atoms with Crippen LogP contribution in [0, 0.1) is 22.9 Å². The van der Waals surface area contributed by atoms with Crippen LogP contribution < -0.4 is 0 Å². The van der Waals surface area contributed by atoms with Gasteiger partial charge in [-0.25, -0.2) is 4.39 Å². The average Bonchev–Trinajstić information content (AvgIpc) is 2.30. The highest BCUT2D eigenvalue weighted by molar-refractivity contribution is 5.67. The lowest BCUT2D eigenvalue weighted by Gasteiger charge is -2.01. The van der Waals surface area contributed by atoms with Crippen LogP contribution in [0.3, 0.4) is 0 Å². The number of aryl methyl sites for hydroxylation is 1. The maximum absolute atomic E-state index is 13.6. The van der Waals surface area contributed by atoms with Crippen LogP contribution in [0.2, 0.25) is 0 Å². The Kier molecular flexibility index (Phi) is 2.69. The van der Waals surface area contributed by atoms with Gasteiger partial charge < -0.3 is 0 Å². The monoisotopic (exact) mass is 235 g/mol. The van der Waals surface area contributed by atoms with Crippen LogP contribution in [-0.2, 0) is 0 Å². The van der Waals surface area contributed by atoms with Gasteiger partial charge in [-0.15, -0.1) is 20.4 Å². The highest BCUT2D eigenvalue weighted by Gasteiger charge is 2.22. The van der Waals surface area contributed by atoms with Crippen molar-refractivity contribution in [1.82, 2.24) is 20.4 Å². The third-order valence-corrected chi connectivity index (χ3v) is 1.99. The fourth-order valence-electron chi connectivity index (χ4n) is 1.27. The summed E-state index contributed by atoms with van der Waals surface area (Å²) in [5.41, 5.74) is -0.727. The lowest BCUT2D eigenvalue weighted by atomic mass is 10.1. The Morgan fingerprint density at radius 1 is 1.24 bits per heavy atom. The SMILES string of the molecule is Cc1nnc(-c2c(F)cccc2[N+](=O)[O-])nn1. The molecule has 7 nitrogen and oxygen atoms in total. The number of hydrogen-bond acceptors (Lipinski definition) is 6. The van der Waals surface area contributed by atoms with E-state index in [0.717, 1.165) is 6.07 Å². The van der Waals surface area contributed by atoms with Crippen LogP contribution in [-0.4, -0.2) is 25.3 Å². The Morgan fingerprint density at radius 2 is 1.88 bits per heavy atom. The standard InChI is InChI=1S/C9H6FN5O2/c1-5-11-13-9(14-12-5)8-6(10)3-2-4-7(8)15(16)17/h2-4H,1H3. The Morgan fingerprint density at radius 3 is 2.47 bits per heavy atom. The largest absolute Gasteiger partial charge is 0.283 e. The Labute approximate surface area is 94.5 Å². The third-order valence-electron chi connectivity index (χ3n) is 1.99. The van der Waals surface area contributed by atoms with Gasteiger partial charge in [0.1, 0.15) is 11.4 Å². The van der Waals surface area contributed by atoms with E-state index in [4.69, 9.17) is 0 Å². The van der Waals surface area contributed by atoms with Crippen molar-refractivity contribution < 1.29 is 9.31 Å². The Bertz CT molecular complexity index is 572. The fourth-order valence-corrected chi connectivity index (χ4v) is 1.27. The first kappa shape index (κ1) is 11.0. The van der Waals surface area contributed by atoms with E-state index in [1.54, 1.807) is 6.92 Å². The van der Waals surface area contributed by atoms with Gasteiger partial charge in [-0.3, -0.25) is 10.1 Å². The molecule has 0 aliphatic heterocycles. The van der Waals surface area contributed by atoms with Crippen molar-refractivity contribution in [2.75, 3.05) is 0 Å². The first-order valence-electron chi connectivity index (χ1n) is 4.57. The van der Waals surface area contributed by atoms with Crippen molar-refractivity contribution in [3.05, 3.63) is 40.0 Å². The highest BCUT2D eigenvalue weighted by Crippen LogP contribution is 2.28. The molecule has 0 fully saturated rings. The van der Waals surface area contributed by atoms with Crippen molar-refractivity contribution >= 4 is 5.69 Å². The molecule has 2 rings (SSSR count). The van der Waals surface area contributed by atoms with Gasteiger partial charge in [-0.05, 0) is 13.0 Å². The summed E-state index contributed by atoms with van der Waals surface area (Å²) >= 11 is 0. The van der Waals surface area contributed by atoms with E-state index in [1.807, 2.05) is 0 Å².